The molecule has 18 heavy (non-hydrogen) atoms. The Morgan fingerprint density at radius 3 is 2.56 bits per heavy atom. The van der Waals surface area contributed by atoms with Gasteiger partial charge in [0, 0.05) is 17.0 Å². The van der Waals surface area contributed by atoms with Gasteiger partial charge >= 0.3 is 0 Å². The average Bonchev–Trinajstić information content (AvgIpc) is 2.46. The Morgan fingerprint density at radius 2 is 1.94 bits per heavy atom. The standard InChI is InChI=1S/C14H13NOS2/c1-11(13-7-5-12(10-16)6-8-13)17-18-14-4-2-3-9-15-14/h2-11H,1H3. The number of carbonyl (C=O) groups excluding carboxylic acids is 1. The van der Waals surface area contributed by atoms with Crippen molar-refractivity contribution in [2.24, 2.45) is 0 Å². The highest BCUT2D eigenvalue weighted by Crippen LogP contribution is 2.41. The fourth-order valence-electron chi connectivity index (χ4n) is 1.42. The zero-order chi connectivity index (χ0) is 12.8. The lowest BCUT2D eigenvalue weighted by Gasteiger charge is -2.10. The Labute approximate surface area is 115 Å². The SMILES string of the molecule is CC(SSc1ccccn1)c1ccc(C=O)cc1. The summed E-state index contributed by atoms with van der Waals surface area (Å²) in [7, 11) is 3.43. The van der Waals surface area contributed by atoms with E-state index < -0.39 is 0 Å². The highest BCUT2D eigenvalue weighted by molar-refractivity contribution is 8.76. The van der Waals surface area contributed by atoms with Crippen LogP contribution in [0.3, 0.4) is 0 Å². The van der Waals surface area contributed by atoms with E-state index in [9.17, 15) is 4.79 Å². The molecule has 0 spiro atoms. The van der Waals surface area contributed by atoms with Crippen LogP contribution in [0, 0.1) is 0 Å². The summed E-state index contributed by atoms with van der Waals surface area (Å²) in [4.78, 5) is 14.8. The molecule has 0 fully saturated rings. The van der Waals surface area contributed by atoms with Gasteiger partial charge in [0.2, 0.25) is 0 Å². The quantitative estimate of drug-likeness (QED) is 0.598. The summed E-state index contributed by atoms with van der Waals surface area (Å²) in [6, 6.07) is 13.6. The molecule has 0 saturated carbocycles. The van der Waals surface area contributed by atoms with Crippen LogP contribution in [0.25, 0.3) is 0 Å². The molecule has 0 aliphatic carbocycles. The van der Waals surface area contributed by atoms with E-state index in [0.29, 0.717) is 10.8 Å². The van der Waals surface area contributed by atoms with Crippen LogP contribution < -0.4 is 0 Å². The molecule has 2 rings (SSSR count). The fraction of sp³-hybridized carbons (Fsp3) is 0.143. The maximum atomic E-state index is 10.6. The third-order valence-electron chi connectivity index (χ3n) is 2.46. The number of hydrogen-bond acceptors (Lipinski definition) is 4. The van der Waals surface area contributed by atoms with Gasteiger partial charge in [-0.05, 0) is 35.4 Å². The van der Waals surface area contributed by atoms with Crippen molar-refractivity contribution in [3.8, 4) is 0 Å². The third kappa shape index (κ3) is 3.62. The molecule has 0 amide bonds. The van der Waals surface area contributed by atoms with Crippen LogP contribution in [-0.4, -0.2) is 11.3 Å². The van der Waals surface area contributed by atoms with Crippen LogP contribution in [0.15, 0.2) is 53.7 Å². The molecule has 1 atom stereocenters. The van der Waals surface area contributed by atoms with E-state index in [1.807, 2.05) is 42.5 Å². The lowest BCUT2D eigenvalue weighted by molar-refractivity contribution is 0.112. The molecule has 0 aliphatic rings. The summed E-state index contributed by atoms with van der Waals surface area (Å²) in [5, 5.41) is 1.37. The predicted molar refractivity (Wildman–Crippen MR) is 77.9 cm³/mol. The Bertz CT molecular complexity index is 499. The number of carbonyl (C=O) groups is 1. The van der Waals surface area contributed by atoms with Crippen molar-refractivity contribution < 1.29 is 4.79 Å². The Kier molecular flexibility index (Phi) is 4.84. The van der Waals surface area contributed by atoms with E-state index in [0.717, 1.165) is 11.3 Å². The molecule has 1 aromatic heterocycles. The van der Waals surface area contributed by atoms with Gasteiger partial charge in [-0.2, -0.15) is 0 Å². The number of aromatic nitrogens is 1. The smallest absolute Gasteiger partial charge is 0.150 e. The second kappa shape index (κ2) is 6.61. The molecule has 1 unspecified atom stereocenters. The first kappa shape index (κ1) is 13.2. The van der Waals surface area contributed by atoms with E-state index in [4.69, 9.17) is 0 Å². The first-order valence-corrected chi connectivity index (χ1v) is 7.80. The highest BCUT2D eigenvalue weighted by atomic mass is 33.1. The second-order valence-corrected chi connectivity index (χ2v) is 6.34. The molecule has 1 aromatic carbocycles. The van der Waals surface area contributed by atoms with Crippen molar-refractivity contribution in [3.05, 3.63) is 59.8 Å². The number of pyridine rings is 1. The molecule has 2 aromatic rings. The fourth-order valence-corrected chi connectivity index (χ4v) is 3.53. The zero-order valence-electron chi connectivity index (χ0n) is 9.95. The monoisotopic (exact) mass is 275 g/mol. The number of hydrogen-bond donors (Lipinski definition) is 0. The van der Waals surface area contributed by atoms with Gasteiger partial charge in [0.15, 0.2) is 0 Å². The zero-order valence-corrected chi connectivity index (χ0v) is 11.6. The largest absolute Gasteiger partial charge is 0.298 e. The maximum Gasteiger partial charge on any atom is 0.150 e. The number of benzene rings is 1. The van der Waals surface area contributed by atoms with E-state index >= 15 is 0 Å². The lowest BCUT2D eigenvalue weighted by Crippen LogP contribution is -1.88. The van der Waals surface area contributed by atoms with Crippen molar-refractivity contribution in [2.45, 2.75) is 17.2 Å². The van der Waals surface area contributed by atoms with Gasteiger partial charge < -0.3 is 0 Å². The van der Waals surface area contributed by atoms with Crippen LogP contribution in [0.4, 0.5) is 0 Å². The predicted octanol–water partition coefficient (Wildman–Crippen LogP) is 4.40. The van der Waals surface area contributed by atoms with Crippen LogP contribution in [-0.2, 0) is 0 Å². The van der Waals surface area contributed by atoms with Gasteiger partial charge in [-0.15, -0.1) is 0 Å². The van der Waals surface area contributed by atoms with Crippen molar-refractivity contribution in [2.75, 3.05) is 0 Å². The van der Waals surface area contributed by atoms with Gasteiger partial charge in [-0.25, -0.2) is 4.98 Å². The van der Waals surface area contributed by atoms with E-state index in [2.05, 4.69) is 11.9 Å². The van der Waals surface area contributed by atoms with E-state index in [-0.39, 0.29) is 0 Å². The summed E-state index contributed by atoms with van der Waals surface area (Å²) in [5.41, 5.74) is 1.93. The normalized spacial score (nSPS) is 12.1. The molecule has 2 nitrogen and oxygen atoms in total. The van der Waals surface area contributed by atoms with Gasteiger partial charge in [-0.3, -0.25) is 4.79 Å². The van der Waals surface area contributed by atoms with Crippen molar-refractivity contribution in [1.29, 1.82) is 0 Å². The van der Waals surface area contributed by atoms with Gasteiger partial charge in [0.1, 0.15) is 11.3 Å². The number of aldehydes is 1. The molecule has 0 radical (unpaired) electrons. The van der Waals surface area contributed by atoms with Gasteiger partial charge in [-0.1, -0.05) is 41.1 Å². The van der Waals surface area contributed by atoms with E-state index in [1.165, 1.54) is 5.56 Å². The van der Waals surface area contributed by atoms with Gasteiger partial charge in [0.05, 0.1) is 0 Å². The van der Waals surface area contributed by atoms with Crippen LogP contribution >= 0.6 is 21.6 Å². The third-order valence-corrected chi connectivity index (χ3v) is 5.19. The molecular formula is C14H13NOS2. The number of nitrogens with zero attached hydrogens (tertiary/aromatic N) is 1. The summed E-state index contributed by atoms with van der Waals surface area (Å²) in [5.74, 6) is 0. The van der Waals surface area contributed by atoms with Crippen molar-refractivity contribution in [3.63, 3.8) is 0 Å². The van der Waals surface area contributed by atoms with Crippen molar-refractivity contribution >= 4 is 27.9 Å². The van der Waals surface area contributed by atoms with E-state index in [1.54, 1.807) is 27.8 Å². The minimum Gasteiger partial charge on any atom is -0.298 e. The molecule has 0 N–H and O–H groups in total. The molecule has 0 aliphatic heterocycles. The highest BCUT2D eigenvalue weighted by Gasteiger charge is 2.07. The summed E-state index contributed by atoms with van der Waals surface area (Å²) >= 11 is 0. The lowest BCUT2D eigenvalue weighted by atomic mass is 10.1. The second-order valence-electron chi connectivity index (χ2n) is 3.77. The Morgan fingerprint density at radius 1 is 1.17 bits per heavy atom. The molecule has 1 heterocycles. The summed E-state index contributed by atoms with van der Waals surface area (Å²) < 4.78 is 0. The summed E-state index contributed by atoms with van der Waals surface area (Å²) in [6.07, 6.45) is 2.66. The van der Waals surface area contributed by atoms with Crippen LogP contribution in [0.5, 0.6) is 0 Å². The summed E-state index contributed by atoms with van der Waals surface area (Å²) in [6.45, 7) is 2.15. The molecule has 92 valence electrons. The molecule has 0 saturated heterocycles. The molecule has 0 bridgehead atoms. The molecule has 4 heteroatoms. The minimum atomic E-state index is 0.359. The minimum absolute atomic E-state index is 0.359. The average molecular weight is 275 g/mol. The van der Waals surface area contributed by atoms with Crippen LogP contribution in [0.1, 0.15) is 28.1 Å². The molecular weight excluding hydrogens is 262 g/mol. The van der Waals surface area contributed by atoms with Crippen LogP contribution in [0.2, 0.25) is 0 Å². The Hall–Kier alpha value is -1.26. The topological polar surface area (TPSA) is 30.0 Å². The first-order valence-electron chi connectivity index (χ1n) is 5.59. The maximum absolute atomic E-state index is 10.6. The van der Waals surface area contributed by atoms with Gasteiger partial charge in [0.25, 0.3) is 0 Å². The first-order chi connectivity index (χ1) is 8.79. The number of rotatable bonds is 5. The van der Waals surface area contributed by atoms with Crippen molar-refractivity contribution in [1.82, 2.24) is 4.98 Å². The Balaban J connectivity index is 1.94.